The quantitative estimate of drug-likeness (QED) is 0.809. The summed E-state index contributed by atoms with van der Waals surface area (Å²) in [7, 11) is 0. The van der Waals surface area contributed by atoms with Gasteiger partial charge in [0.25, 0.3) is 0 Å². The Balaban J connectivity index is 2.63. The zero-order valence-corrected chi connectivity index (χ0v) is 10.8. The fourth-order valence-electron chi connectivity index (χ4n) is 1.43. The molecule has 0 aliphatic carbocycles. The van der Waals surface area contributed by atoms with Gasteiger partial charge in [-0.3, -0.25) is 0 Å². The first-order chi connectivity index (χ1) is 8.79. The first-order valence-electron chi connectivity index (χ1n) is 4.95. The summed E-state index contributed by atoms with van der Waals surface area (Å²) in [6, 6.07) is 5.30. The van der Waals surface area contributed by atoms with E-state index in [4.69, 9.17) is 5.73 Å². The molecule has 0 spiro atoms. The summed E-state index contributed by atoms with van der Waals surface area (Å²) in [4.78, 5) is 6.39. The Morgan fingerprint density at radius 1 is 1.16 bits per heavy atom. The number of nitrogen functional groups attached to an aromatic ring is 1. The molecule has 19 heavy (non-hydrogen) atoms. The van der Waals surface area contributed by atoms with Gasteiger partial charge in [-0.2, -0.15) is 13.2 Å². The van der Waals surface area contributed by atoms with E-state index < -0.39 is 17.8 Å². The van der Waals surface area contributed by atoms with Crippen LogP contribution in [-0.4, -0.2) is 9.97 Å². The van der Waals surface area contributed by atoms with E-state index in [-0.39, 0.29) is 21.5 Å². The van der Waals surface area contributed by atoms with Gasteiger partial charge in [0, 0.05) is 11.6 Å². The van der Waals surface area contributed by atoms with Crippen LogP contribution in [0.4, 0.5) is 23.4 Å². The van der Waals surface area contributed by atoms with E-state index in [1.807, 2.05) is 0 Å². The van der Waals surface area contributed by atoms with E-state index >= 15 is 0 Å². The first kappa shape index (κ1) is 13.7. The van der Waals surface area contributed by atoms with Crippen LogP contribution in [0.3, 0.4) is 0 Å². The van der Waals surface area contributed by atoms with Crippen LogP contribution < -0.4 is 5.73 Å². The molecular formula is C11H6BrF4N3. The van der Waals surface area contributed by atoms with Gasteiger partial charge in [0.2, 0.25) is 5.82 Å². The molecule has 0 aliphatic heterocycles. The summed E-state index contributed by atoms with van der Waals surface area (Å²) in [5.74, 6) is -2.49. The molecule has 0 unspecified atom stereocenters. The average Bonchev–Trinajstić information content (AvgIpc) is 2.31. The van der Waals surface area contributed by atoms with Gasteiger partial charge in [0.1, 0.15) is 11.6 Å². The molecule has 1 aromatic heterocycles. The van der Waals surface area contributed by atoms with Crippen LogP contribution in [0, 0.1) is 5.82 Å². The van der Waals surface area contributed by atoms with E-state index in [0.717, 1.165) is 6.07 Å². The minimum atomic E-state index is -4.74. The molecule has 0 aliphatic rings. The van der Waals surface area contributed by atoms with Crippen molar-refractivity contribution in [2.45, 2.75) is 6.18 Å². The molecule has 0 bridgehead atoms. The molecule has 3 nitrogen and oxygen atoms in total. The highest BCUT2D eigenvalue weighted by molar-refractivity contribution is 9.10. The fraction of sp³-hybridized carbons (Fsp3) is 0.0909. The highest BCUT2D eigenvalue weighted by atomic mass is 79.9. The van der Waals surface area contributed by atoms with Gasteiger partial charge in [-0.1, -0.05) is 6.07 Å². The van der Waals surface area contributed by atoms with Crippen molar-refractivity contribution >= 4 is 21.7 Å². The van der Waals surface area contributed by atoms with Gasteiger partial charge in [0.05, 0.1) is 10.2 Å². The molecule has 1 heterocycles. The lowest BCUT2D eigenvalue weighted by Gasteiger charge is -2.09. The third kappa shape index (κ3) is 2.83. The van der Waals surface area contributed by atoms with Crippen molar-refractivity contribution in [2.24, 2.45) is 0 Å². The van der Waals surface area contributed by atoms with Crippen molar-refractivity contribution < 1.29 is 17.6 Å². The Kier molecular flexibility index (Phi) is 3.44. The molecule has 0 radical (unpaired) electrons. The number of halogens is 5. The fourth-order valence-corrected chi connectivity index (χ4v) is 1.80. The van der Waals surface area contributed by atoms with Gasteiger partial charge in [-0.05, 0) is 28.1 Å². The number of hydrogen-bond acceptors (Lipinski definition) is 3. The first-order valence-corrected chi connectivity index (χ1v) is 5.74. The Hall–Kier alpha value is -1.70. The Labute approximate surface area is 113 Å². The predicted octanol–water partition coefficient (Wildman–Crippen LogP) is 3.65. The highest BCUT2D eigenvalue weighted by Gasteiger charge is 2.35. The molecular weight excluding hydrogens is 330 g/mol. The largest absolute Gasteiger partial charge is 0.451 e. The van der Waals surface area contributed by atoms with Crippen LogP contribution >= 0.6 is 15.9 Å². The summed E-state index contributed by atoms with van der Waals surface area (Å²) in [5.41, 5.74) is 4.98. The van der Waals surface area contributed by atoms with Gasteiger partial charge in [0.15, 0.2) is 0 Å². The van der Waals surface area contributed by atoms with Gasteiger partial charge >= 0.3 is 6.18 Å². The molecule has 1 aromatic carbocycles. The molecule has 0 fully saturated rings. The summed E-state index contributed by atoms with van der Waals surface area (Å²) in [6.45, 7) is 0. The summed E-state index contributed by atoms with van der Waals surface area (Å²) in [5, 5.41) is 0. The molecule has 2 rings (SSSR count). The van der Waals surface area contributed by atoms with Crippen LogP contribution in [0.15, 0.2) is 28.7 Å². The Morgan fingerprint density at radius 2 is 1.84 bits per heavy atom. The van der Waals surface area contributed by atoms with Gasteiger partial charge in [-0.25, -0.2) is 14.4 Å². The van der Waals surface area contributed by atoms with Crippen LogP contribution in [0.25, 0.3) is 11.3 Å². The molecule has 0 atom stereocenters. The molecule has 0 saturated heterocycles. The number of alkyl halides is 3. The monoisotopic (exact) mass is 335 g/mol. The maximum absolute atomic E-state index is 13.8. The average molecular weight is 336 g/mol. The number of nitrogens with zero attached hydrogens (tertiary/aromatic N) is 2. The normalized spacial score (nSPS) is 11.6. The van der Waals surface area contributed by atoms with Crippen molar-refractivity contribution in [1.82, 2.24) is 9.97 Å². The molecule has 2 N–H and O–H groups in total. The molecule has 0 saturated carbocycles. The maximum atomic E-state index is 13.8. The SMILES string of the molecule is Nc1cc(-c2cccc(Br)c2F)nc(C(F)(F)F)n1. The second-order valence-corrected chi connectivity index (χ2v) is 4.46. The van der Waals surface area contributed by atoms with Crippen LogP contribution in [-0.2, 0) is 6.18 Å². The van der Waals surface area contributed by atoms with E-state index in [2.05, 4.69) is 25.9 Å². The summed E-state index contributed by atoms with van der Waals surface area (Å²) < 4.78 is 51.6. The second kappa shape index (κ2) is 4.76. The Morgan fingerprint density at radius 3 is 2.47 bits per heavy atom. The molecule has 8 heteroatoms. The maximum Gasteiger partial charge on any atom is 0.451 e. The number of anilines is 1. The van der Waals surface area contributed by atoms with E-state index in [9.17, 15) is 17.6 Å². The minimum Gasteiger partial charge on any atom is -0.384 e. The predicted molar refractivity (Wildman–Crippen MR) is 64.5 cm³/mol. The number of rotatable bonds is 1. The van der Waals surface area contributed by atoms with Crippen LogP contribution in [0.5, 0.6) is 0 Å². The third-order valence-corrected chi connectivity index (χ3v) is 2.84. The number of benzene rings is 1. The smallest absolute Gasteiger partial charge is 0.384 e. The number of hydrogen-bond donors (Lipinski definition) is 1. The summed E-state index contributed by atoms with van der Waals surface area (Å²) in [6.07, 6.45) is -4.74. The van der Waals surface area contributed by atoms with E-state index in [0.29, 0.717) is 0 Å². The van der Waals surface area contributed by atoms with Crippen LogP contribution in [0.1, 0.15) is 5.82 Å². The lowest BCUT2D eigenvalue weighted by Crippen LogP contribution is -2.13. The number of nitrogens with two attached hydrogens (primary N) is 1. The zero-order valence-electron chi connectivity index (χ0n) is 9.17. The van der Waals surface area contributed by atoms with Crippen molar-refractivity contribution in [3.8, 4) is 11.3 Å². The highest BCUT2D eigenvalue weighted by Crippen LogP contribution is 2.31. The summed E-state index contributed by atoms with van der Waals surface area (Å²) >= 11 is 2.95. The third-order valence-electron chi connectivity index (χ3n) is 2.23. The topological polar surface area (TPSA) is 51.8 Å². The standard InChI is InChI=1S/C11H6BrF4N3/c12-6-3-1-2-5(9(6)13)7-4-8(17)19-10(18-7)11(14,15)16/h1-4H,(H2,17,18,19). The van der Waals surface area contributed by atoms with Crippen molar-refractivity contribution in [1.29, 1.82) is 0 Å². The van der Waals surface area contributed by atoms with E-state index in [1.165, 1.54) is 18.2 Å². The molecule has 100 valence electrons. The Bertz CT molecular complexity index is 628. The molecule has 0 amide bonds. The van der Waals surface area contributed by atoms with Crippen molar-refractivity contribution in [3.63, 3.8) is 0 Å². The van der Waals surface area contributed by atoms with Crippen molar-refractivity contribution in [3.05, 3.63) is 40.4 Å². The molecule has 2 aromatic rings. The van der Waals surface area contributed by atoms with Gasteiger partial charge < -0.3 is 5.73 Å². The van der Waals surface area contributed by atoms with Crippen LogP contribution in [0.2, 0.25) is 0 Å². The minimum absolute atomic E-state index is 0.0889. The lowest BCUT2D eigenvalue weighted by molar-refractivity contribution is -0.144. The zero-order chi connectivity index (χ0) is 14.2. The van der Waals surface area contributed by atoms with Crippen molar-refractivity contribution in [2.75, 3.05) is 5.73 Å². The van der Waals surface area contributed by atoms with Gasteiger partial charge in [-0.15, -0.1) is 0 Å². The van der Waals surface area contributed by atoms with E-state index in [1.54, 1.807) is 0 Å². The number of aromatic nitrogens is 2. The second-order valence-electron chi connectivity index (χ2n) is 3.60. The lowest BCUT2D eigenvalue weighted by atomic mass is 10.1.